The van der Waals surface area contributed by atoms with E-state index in [0.717, 1.165) is 51.1 Å². The molecule has 2 aromatic heterocycles. The summed E-state index contributed by atoms with van der Waals surface area (Å²) in [4.78, 5) is 26.9. The van der Waals surface area contributed by atoms with Gasteiger partial charge in [0.25, 0.3) is 0 Å². The number of piperidine rings is 1. The van der Waals surface area contributed by atoms with Gasteiger partial charge in [0, 0.05) is 31.3 Å². The van der Waals surface area contributed by atoms with E-state index in [1.165, 1.54) is 12.8 Å². The van der Waals surface area contributed by atoms with E-state index >= 15 is 0 Å². The topological polar surface area (TPSA) is 76.0 Å². The first-order valence-corrected chi connectivity index (χ1v) is 10.3. The van der Waals surface area contributed by atoms with Crippen LogP contribution >= 0.6 is 0 Å². The van der Waals surface area contributed by atoms with Crippen molar-refractivity contribution in [2.45, 2.75) is 77.0 Å². The molecule has 7 nitrogen and oxygen atoms in total. The standard InChI is InChI=1S/C20H31N5O2/c1-4-27-16-5-9-20(3,10-6-16)24-11-7-15(8-12-24)25-18-17(23-19(25)26)21-13-14(2)22-18/h13,15-16H,4-12H2,1-3H3,(H,21,23,26)/t16-,20-. The van der Waals surface area contributed by atoms with Gasteiger partial charge in [0.15, 0.2) is 11.3 Å². The Morgan fingerprint density at radius 2 is 1.96 bits per heavy atom. The SMILES string of the molecule is CCO[C@H]1CC[C@](C)(N2CCC(n3c(=O)[nH]c4ncc(C)nc43)CC2)CC1. The van der Waals surface area contributed by atoms with Gasteiger partial charge in [-0.05, 0) is 59.3 Å². The van der Waals surface area contributed by atoms with Crippen LogP contribution in [0, 0.1) is 6.92 Å². The molecule has 0 spiro atoms. The molecule has 1 saturated heterocycles. The van der Waals surface area contributed by atoms with Crippen LogP contribution in [-0.4, -0.2) is 55.8 Å². The van der Waals surface area contributed by atoms with Gasteiger partial charge < -0.3 is 4.74 Å². The van der Waals surface area contributed by atoms with Gasteiger partial charge in [0.2, 0.25) is 0 Å². The molecular weight excluding hydrogens is 342 g/mol. The fraction of sp³-hybridized carbons (Fsp3) is 0.750. The first-order chi connectivity index (χ1) is 13.0. The Kier molecular flexibility index (Phi) is 5.07. The molecule has 0 unspecified atom stereocenters. The van der Waals surface area contributed by atoms with Crippen molar-refractivity contribution < 1.29 is 4.74 Å². The smallest absolute Gasteiger partial charge is 0.329 e. The van der Waals surface area contributed by atoms with Crippen LogP contribution in [-0.2, 0) is 4.74 Å². The highest BCUT2D eigenvalue weighted by atomic mass is 16.5. The number of aromatic amines is 1. The summed E-state index contributed by atoms with van der Waals surface area (Å²) < 4.78 is 7.65. The minimum Gasteiger partial charge on any atom is -0.379 e. The quantitative estimate of drug-likeness (QED) is 0.892. The van der Waals surface area contributed by atoms with Gasteiger partial charge in [-0.2, -0.15) is 0 Å². The number of aromatic nitrogens is 4. The fourth-order valence-corrected chi connectivity index (χ4v) is 4.91. The van der Waals surface area contributed by atoms with Crippen molar-refractivity contribution in [2.24, 2.45) is 0 Å². The second-order valence-electron chi connectivity index (χ2n) is 8.35. The number of fused-ring (bicyclic) bond motifs is 1. The number of hydrogen-bond donors (Lipinski definition) is 1. The number of ether oxygens (including phenoxy) is 1. The van der Waals surface area contributed by atoms with Gasteiger partial charge in [-0.25, -0.2) is 14.8 Å². The zero-order valence-corrected chi connectivity index (χ0v) is 16.7. The lowest BCUT2D eigenvalue weighted by molar-refractivity contribution is -0.0273. The van der Waals surface area contributed by atoms with Gasteiger partial charge >= 0.3 is 5.69 Å². The Morgan fingerprint density at radius 3 is 2.63 bits per heavy atom. The number of imidazole rings is 1. The Labute approximate surface area is 160 Å². The maximum Gasteiger partial charge on any atom is 0.329 e. The van der Waals surface area contributed by atoms with E-state index < -0.39 is 0 Å². The van der Waals surface area contributed by atoms with Crippen LogP contribution in [0.5, 0.6) is 0 Å². The molecule has 148 valence electrons. The maximum atomic E-state index is 12.5. The summed E-state index contributed by atoms with van der Waals surface area (Å²) in [7, 11) is 0. The van der Waals surface area contributed by atoms with Gasteiger partial charge in [-0.1, -0.05) is 0 Å². The number of hydrogen-bond acceptors (Lipinski definition) is 5. The molecule has 0 aromatic carbocycles. The highest BCUT2D eigenvalue weighted by Gasteiger charge is 2.38. The van der Waals surface area contributed by atoms with Crippen molar-refractivity contribution in [2.75, 3.05) is 19.7 Å². The summed E-state index contributed by atoms with van der Waals surface area (Å²) >= 11 is 0. The minimum absolute atomic E-state index is 0.0857. The highest BCUT2D eigenvalue weighted by Crippen LogP contribution is 2.37. The summed E-state index contributed by atoms with van der Waals surface area (Å²) in [5.41, 5.74) is 2.31. The van der Waals surface area contributed by atoms with Gasteiger partial charge in [0.1, 0.15) is 0 Å². The summed E-state index contributed by atoms with van der Waals surface area (Å²) in [5.74, 6) is 0. The summed E-state index contributed by atoms with van der Waals surface area (Å²) in [6, 6.07) is 0.196. The average molecular weight is 374 g/mol. The summed E-state index contributed by atoms with van der Waals surface area (Å²) in [6.45, 7) is 9.27. The van der Waals surface area contributed by atoms with Gasteiger partial charge in [0.05, 0.1) is 18.0 Å². The zero-order valence-electron chi connectivity index (χ0n) is 16.7. The molecule has 1 N–H and O–H groups in total. The Bertz CT molecular complexity index is 842. The van der Waals surface area contributed by atoms with E-state index in [0.29, 0.717) is 17.4 Å². The molecule has 0 amide bonds. The lowest BCUT2D eigenvalue weighted by atomic mass is 9.79. The molecule has 1 aliphatic heterocycles. The molecule has 27 heavy (non-hydrogen) atoms. The number of likely N-dealkylation sites (tertiary alicyclic amines) is 1. The average Bonchev–Trinajstić information content (AvgIpc) is 2.99. The van der Waals surface area contributed by atoms with Crippen molar-refractivity contribution in [3.63, 3.8) is 0 Å². The predicted molar refractivity (Wildman–Crippen MR) is 105 cm³/mol. The second kappa shape index (κ2) is 7.36. The number of nitrogens with one attached hydrogen (secondary N) is 1. The fourth-order valence-electron chi connectivity index (χ4n) is 4.91. The molecule has 3 heterocycles. The molecule has 2 fully saturated rings. The van der Waals surface area contributed by atoms with Crippen LogP contribution in [0.3, 0.4) is 0 Å². The lowest BCUT2D eigenvalue weighted by Crippen LogP contribution is -2.53. The van der Waals surface area contributed by atoms with Crippen molar-refractivity contribution in [3.05, 3.63) is 22.4 Å². The van der Waals surface area contributed by atoms with Gasteiger partial charge in [-0.15, -0.1) is 0 Å². The molecule has 0 bridgehead atoms. The number of nitrogens with zero attached hydrogens (tertiary/aromatic N) is 4. The first kappa shape index (κ1) is 18.6. The molecule has 4 rings (SSSR count). The summed E-state index contributed by atoms with van der Waals surface area (Å²) in [6.07, 6.45) is 8.79. The maximum absolute atomic E-state index is 12.5. The van der Waals surface area contributed by atoms with Gasteiger partial charge in [-0.3, -0.25) is 14.5 Å². The molecular formula is C20H31N5O2. The Balaban J connectivity index is 1.45. The van der Waals surface area contributed by atoms with Crippen molar-refractivity contribution in [1.82, 2.24) is 24.4 Å². The molecule has 1 saturated carbocycles. The van der Waals surface area contributed by atoms with E-state index in [1.54, 1.807) is 6.20 Å². The van der Waals surface area contributed by atoms with Crippen LogP contribution in [0.4, 0.5) is 0 Å². The van der Waals surface area contributed by atoms with Crippen LogP contribution in [0.15, 0.2) is 11.0 Å². The molecule has 0 radical (unpaired) electrons. The molecule has 2 aliphatic rings. The second-order valence-corrected chi connectivity index (χ2v) is 8.35. The predicted octanol–water partition coefficient (Wildman–Crippen LogP) is 2.80. The van der Waals surface area contributed by atoms with Crippen molar-refractivity contribution >= 4 is 11.3 Å². The monoisotopic (exact) mass is 373 g/mol. The molecule has 0 atom stereocenters. The lowest BCUT2D eigenvalue weighted by Gasteiger charge is -2.48. The van der Waals surface area contributed by atoms with Crippen molar-refractivity contribution in [3.8, 4) is 0 Å². The number of rotatable bonds is 4. The number of H-pyrrole nitrogens is 1. The van der Waals surface area contributed by atoms with Crippen LogP contribution in [0.1, 0.15) is 64.1 Å². The van der Waals surface area contributed by atoms with E-state index in [4.69, 9.17) is 4.74 Å². The van der Waals surface area contributed by atoms with E-state index in [2.05, 4.69) is 33.7 Å². The third-order valence-electron chi connectivity index (χ3n) is 6.55. The Hall–Kier alpha value is -1.73. The first-order valence-electron chi connectivity index (χ1n) is 10.3. The minimum atomic E-state index is -0.0857. The highest BCUT2D eigenvalue weighted by molar-refractivity contribution is 5.65. The van der Waals surface area contributed by atoms with Crippen LogP contribution in [0.2, 0.25) is 0 Å². The zero-order chi connectivity index (χ0) is 19.0. The van der Waals surface area contributed by atoms with Crippen LogP contribution in [0.25, 0.3) is 11.3 Å². The van der Waals surface area contributed by atoms with E-state index in [1.807, 2.05) is 11.5 Å². The van der Waals surface area contributed by atoms with E-state index in [9.17, 15) is 4.79 Å². The van der Waals surface area contributed by atoms with E-state index in [-0.39, 0.29) is 17.3 Å². The third kappa shape index (κ3) is 3.55. The molecule has 2 aromatic rings. The normalized spacial score (nSPS) is 28.0. The molecule has 7 heteroatoms. The van der Waals surface area contributed by atoms with Crippen molar-refractivity contribution in [1.29, 1.82) is 0 Å². The molecule has 1 aliphatic carbocycles. The largest absolute Gasteiger partial charge is 0.379 e. The third-order valence-corrected chi connectivity index (χ3v) is 6.55. The Morgan fingerprint density at radius 1 is 1.26 bits per heavy atom. The number of aryl methyl sites for hydroxylation is 1. The summed E-state index contributed by atoms with van der Waals surface area (Å²) in [5, 5.41) is 0. The van der Waals surface area contributed by atoms with Crippen LogP contribution < -0.4 is 5.69 Å².